The van der Waals surface area contributed by atoms with Crippen LogP contribution in [0.25, 0.3) is 0 Å². The molecular formula is C17H19BrFN. The monoisotopic (exact) mass is 335 g/mol. The average molecular weight is 336 g/mol. The van der Waals surface area contributed by atoms with Gasteiger partial charge in [-0.15, -0.1) is 0 Å². The van der Waals surface area contributed by atoms with Crippen LogP contribution in [0.3, 0.4) is 0 Å². The molecule has 0 aliphatic rings. The largest absolute Gasteiger partial charge is 0.306 e. The summed E-state index contributed by atoms with van der Waals surface area (Å²) in [6.07, 6.45) is 0. The molecule has 0 aliphatic carbocycles. The number of rotatable bonds is 4. The van der Waals surface area contributed by atoms with Crippen molar-refractivity contribution in [2.24, 2.45) is 0 Å². The van der Waals surface area contributed by atoms with Crippen LogP contribution in [0.1, 0.15) is 35.2 Å². The second kappa shape index (κ2) is 6.51. The van der Waals surface area contributed by atoms with E-state index in [1.807, 2.05) is 32.9 Å². The minimum atomic E-state index is -0.167. The van der Waals surface area contributed by atoms with Crippen molar-refractivity contribution in [2.75, 3.05) is 6.54 Å². The van der Waals surface area contributed by atoms with Gasteiger partial charge in [-0.05, 0) is 49.7 Å². The number of hydrogen-bond acceptors (Lipinski definition) is 1. The van der Waals surface area contributed by atoms with Gasteiger partial charge in [0.05, 0.1) is 6.04 Å². The molecule has 106 valence electrons. The summed E-state index contributed by atoms with van der Waals surface area (Å²) in [5, 5.41) is 3.38. The quantitative estimate of drug-likeness (QED) is 0.837. The summed E-state index contributed by atoms with van der Waals surface area (Å²) in [6, 6.07) is 11.3. The van der Waals surface area contributed by atoms with Crippen LogP contribution in [-0.4, -0.2) is 6.54 Å². The highest BCUT2D eigenvalue weighted by atomic mass is 79.9. The molecule has 0 bridgehead atoms. The smallest absolute Gasteiger partial charge is 0.128 e. The lowest BCUT2D eigenvalue weighted by molar-refractivity contribution is 0.558. The first-order valence-corrected chi connectivity index (χ1v) is 7.57. The molecule has 0 aromatic heterocycles. The molecule has 0 amide bonds. The molecule has 1 N–H and O–H groups in total. The van der Waals surface area contributed by atoms with E-state index in [1.54, 1.807) is 12.1 Å². The number of hydrogen-bond donors (Lipinski definition) is 1. The van der Waals surface area contributed by atoms with Crippen molar-refractivity contribution in [3.05, 3.63) is 68.9 Å². The van der Waals surface area contributed by atoms with Crippen LogP contribution in [0.15, 0.2) is 40.9 Å². The Bertz CT molecular complexity index is 590. The van der Waals surface area contributed by atoms with Gasteiger partial charge < -0.3 is 5.32 Å². The summed E-state index contributed by atoms with van der Waals surface area (Å²) in [5.41, 5.74) is 3.99. The van der Waals surface area contributed by atoms with Gasteiger partial charge in [0, 0.05) is 10.0 Å². The third-order valence-corrected chi connectivity index (χ3v) is 3.73. The third kappa shape index (κ3) is 3.47. The van der Waals surface area contributed by atoms with Gasteiger partial charge >= 0.3 is 0 Å². The molecule has 1 unspecified atom stereocenters. The Kier molecular flexibility index (Phi) is 4.95. The predicted octanol–water partition coefficient (Wildman–Crippen LogP) is 4.90. The second-order valence-corrected chi connectivity index (χ2v) is 5.99. The SMILES string of the molecule is CCNC(c1cc(C)cc(Br)c1)c1cc(C)ccc1F. The number of halogens is 2. The van der Waals surface area contributed by atoms with Crippen molar-refractivity contribution >= 4 is 15.9 Å². The highest BCUT2D eigenvalue weighted by Crippen LogP contribution is 2.28. The van der Waals surface area contributed by atoms with Crippen LogP contribution >= 0.6 is 15.9 Å². The molecule has 0 radical (unpaired) electrons. The molecule has 0 aliphatic heterocycles. The van der Waals surface area contributed by atoms with Gasteiger partial charge in [-0.1, -0.05) is 46.6 Å². The maximum atomic E-state index is 14.2. The molecule has 2 aromatic rings. The van der Waals surface area contributed by atoms with Crippen molar-refractivity contribution in [3.8, 4) is 0 Å². The molecule has 1 nitrogen and oxygen atoms in total. The lowest BCUT2D eigenvalue weighted by atomic mass is 9.95. The summed E-state index contributed by atoms with van der Waals surface area (Å²) < 4.78 is 15.2. The third-order valence-electron chi connectivity index (χ3n) is 3.27. The Labute approximate surface area is 128 Å². The van der Waals surface area contributed by atoms with Crippen LogP contribution in [-0.2, 0) is 0 Å². The highest BCUT2D eigenvalue weighted by Gasteiger charge is 2.17. The average Bonchev–Trinajstić information content (AvgIpc) is 2.38. The minimum Gasteiger partial charge on any atom is -0.306 e. The summed E-state index contributed by atoms with van der Waals surface area (Å²) >= 11 is 3.52. The molecule has 0 saturated carbocycles. The van der Waals surface area contributed by atoms with E-state index in [4.69, 9.17) is 0 Å². The standard InChI is InChI=1S/C17H19BrFN/c1-4-20-17(13-7-12(3)8-14(18)10-13)15-9-11(2)5-6-16(15)19/h5-10,17,20H,4H2,1-3H3. The van der Waals surface area contributed by atoms with Crippen molar-refractivity contribution in [1.82, 2.24) is 5.32 Å². The van der Waals surface area contributed by atoms with Gasteiger partial charge in [0.25, 0.3) is 0 Å². The predicted molar refractivity (Wildman–Crippen MR) is 85.5 cm³/mol. The Morgan fingerprint density at radius 3 is 2.50 bits per heavy atom. The number of benzene rings is 2. The molecule has 3 heteroatoms. The van der Waals surface area contributed by atoms with Crippen LogP contribution in [0.2, 0.25) is 0 Å². The lowest BCUT2D eigenvalue weighted by Crippen LogP contribution is -2.23. The minimum absolute atomic E-state index is 0.129. The van der Waals surface area contributed by atoms with E-state index in [-0.39, 0.29) is 11.9 Å². The molecule has 0 saturated heterocycles. The van der Waals surface area contributed by atoms with Crippen molar-refractivity contribution in [2.45, 2.75) is 26.8 Å². The summed E-state index contributed by atoms with van der Waals surface area (Å²) in [6.45, 7) is 6.84. The summed E-state index contributed by atoms with van der Waals surface area (Å²) in [4.78, 5) is 0. The van der Waals surface area contributed by atoms with E-state index in [2.05, 4.69) is 33.4 Å². The van der Waals surface area contributed by atoms with Gasteiger partial charge in [0.2, 0.25) is 0 Å². The van der Waals surface area contributed by atoms with E-state index in [0.717, 1.165) is 27.7 Å². The first-order valence-electron chi connectivity index (χ1n) is 6.77. The second-order valence-electron chi connectivity index (χ2n) is 5.08. The molecule has 2 rings (SSSR count). The van der Waals surface area contributed by atoms with Crippen LogP contribution in [0, 0.1) is 19.7 Å². The van der Waals surface area contributed by atoms with Gasteiger partial charge in [0.15, 0.2) is 0 Å². The zero-order valence-corrected chi connectivity index (χ0v) is 13.6. The van der Waals surface area contributed by atoms with Crippen LogP contribution in [0.5, 0.6) is 0 Å². The fourth-order valence-electron chi connectivity index (χ4n) is 2.43. The molecule has 0 fully saturated rings. The van der Waals surface area contributed by atoms with E-state index >= 15 is 0 Å². The normalized spacial score (nSPS) is 12.4. The summed E-state index contributed by atoms with van der Waals surface area (Å²) in [5.74, 6) is -0.167. The molecular weight excluding hydrogens is 317 g/mol. The highest BCUT2D eigenvalue weighted by molar-refractivity contribution is 9.10. The molecule has 2 aromatic carbocycles. The van der Waals surface area contributed by atoms with Crippen molar-refractivity contribution in [1.29, 1.82) is 0 Å². The molecule has 1 atom stereocenters. The van der Waals surface area contributed by atoms with Crippen LogP contribution < -0.4 is 5.32 Å². The van der Waals surface area contributed by atoms with Gasteiger partial charge in [-0.2, -0.15) is 0 Å². The first kappa shape index (κ1) is 15.2. The van der Waals surface area contributed by atoms with Crippen molar-refractivity contribution < 1.29 is 4.39 Å². The number of nitrogens with one attached hydrogen (secondary N) is 1. The molecule has 0 spiro atoms. The maximum absolute atomic E-state index is 14.2. The zero-order valence-electron chi connectivity index (χ0n) is 12.0. The Hall–Kier alpha value is -1.19. The fourth-order valence-corrected chi connectivity index (χ4v) is 3.05. The van der Waals surface area contributed by atoms with Crippen LogP contribution in [0.4, 0.5) is 4.39 Å². The van der Waals surface area contributed by atoms with Gasteiger partial charge in [-0.3, -0.25) is 0 Å². The van der Waals surface area contributed by atoms with E-state index in [1.165, 1.54) is 0 Å². The van der Waals surface area contributed by atoms with Gasteiger partial charge in [0.1, 0.15) is 5.82 Å². The van der Waals surface area contributed by atoms with E-state index in [0.29, 0.717) is 5.56 Å². The van der Waals surface area contributed by atoms with E-state index < -0.39 is 0 Å². The zero-order chi connectivity index (χ0) is 14.7. The Morgan fingerprint density at radius 2 is 1.85 bits per heavy atom. The number of aryl methyl sites for hydroxylation is 2. The fraction of sp³-hybridized carbons (Fsp3) is 0.294. The summed E-state index contributed by atoms with van der Waals surface area (Å²) in [7, 11) is 0. The lowest BCUT2D eigenvalue weighted by Gasteiger charge is -2.21. The van der Waals surface area contributed by atoms with Gasteiger partial charge in [-0.25, -0.2) is 4.39 Å². The first-order chi connectivity index (χ1) is 9.51. The molecule has 20 heavy (non-hydrogen) atoms. The van der Waals surface area contributed by atoms with E-state index in [9.17, 15) is 4.39 Å². The topological polar surface area (TPSA) is 12.0 Å². The molecule has 0 heterocycles. The van der Waals surface area contributed by atoms with Crippen molar-refractivity contribution in [3.63, 3.8) is 0 Å². The Balaban J connectivity index is 2.52. The Morgan fingerprint density at radius 1 is 1.10 bits per heavy atom. The maximum Gasteiger partial charge on any atom is 0.128 e.